The van der Waals surface area contributed by atoms with Crippen LogP contribution >= 0.6 is 11.6 Å². The average molecular weight is 1480 g/mol. The third-order valence-electron chi connectivity index (χ3n) is 21.4. The minimum absolute atomic E-state index is 0.00952. The number of amides is 13. The molecule has 0 radical (unpaired) electrons. The van der Waals surface area contributed by atoms with Crippen LogP contribution in [0.15, 0.2) is 0 Å². The van der Waals surface area contributed by atoms with E-state index in [1.165, 1.54) is 66.1 Å². The lowest BCUT2D eigenvalue weighted by Gasteiger charge is -2.41. The fourth-order valence-corrected chi connectivity index (χ4v) is 14.9. The minimum Gasteiger partial charge on any atom is -0.343 e. The average Bonchev–Trinajstić information content (AvgIpc) is 0.805. The lowest BCUT2D eigenvalue weighted by Crippen LogP contribution is -2.63. The van der Waals surface area contributed by atoms with Gasteiger partial charge in [0.1, 0.15) is 48.3 Å². The van der Waals surface area contributed by atoms with Gasteiger partial charge in [-0.25, -0.2) is 8.78 Å². The first-order valence-corrected chi connectivity index (χ1v) is 36.6. The Morgan fingerprint density at radius 2 is 1.16 bits per heavy atom. The topological polar surface area (TPSA) is 290 Å². The maximum Gasteiger partial charge on any atom is 0.393 e. The molecule has 0 aromatic carbocycles. The molecule has 578 valence electrons. The van der Waals surface area contributed by atoms with Crippen LogP contribution in [0.5, 0.6) is 0 Å². The van der Waals surface area contributed by atoms with Gasteiger partial charge in [-0.15, -0.1) is 11.6 Å². The van der Waals surface area contributed by atoms with Crippen LogP contribution < -0.4 is 16.0 Å². The van der Waals surface area contributed by atoms with Gasteiger partial charge in [0.05, 0.1) is 51.5 Å². The van der Waals surface area contributed by atoms with Crippen molar-refractivity contribution in [1.29, 1.82) is 0 Å². The van der Waals surface area contributed by atoms with Gasteiger partial charge in [-0.05, 0) is 101 Å². The number of hydrogen-bond donors (Lipinski definition) is 3. The number of likely N-dealkylation sites (tertiary alicyclic amines) is 2. The van der Waals surface area contributed by atoms with E-state index in [1.807, 2.05) is 0 Å². The van der Waals surface area contributed by atoms with Crippen LogP contribution in [0, 0.1) is 35.5 Å². The maximum atomic E-state index is 15.3. The molecule has 13 amide bonds. The van der Waals surface area contributed by atoms with Gasteiger partial charge in [-0.1, -0.05) is 80.1 Å². The highest BCUT2D eigenvalue weighted by atomic mass is 35.5. The van der Waals surface area contributed by atoms with Crippen molar-refractivity contribution in [3.8, 4) is 0 Å². The van der Waals surface area contributed by atoms with Crippen LogP contribution in [0.2, 0.25) is 0 Å². The Balaban J connectivity index is 1.64. The fraction of sp³-hybridized carbons (Fsp3) is 0.814. The van der Waals surface area contributed by atoms with E-state index in [4.69, 9.17) is 11.6 Å². The molecule has 0 aromatic rings. The zero-order chi connectivity index (χ0) is 76.7. The molecule has 12 atom stereocenters. The zero-order valence-electron chi connectivity index (χ0n) is 62.4. The van der Waals surface area contributed by atoms with E-state index in [-0.39, 0.29) is 50.9 Å². The summed E-state index contributed by atoms with van der Waals surface area (Å²) in [7, 11) is 10.4. The lowest BCUT2D eigenvalue weighted by molar-refractivity contribution is -0.182. The predicted octanol–water partition coefficient (Wildman–Crippen LogP) is 4.34. The number of hydrogen-bond acceptors (Lipinski definition) is 13. The third-order valence-corrected chi connectivity index (χ3v) is 21.9. The van der Waals surface area contributed by atoms with Crippen LogP contribution in [0.4, 0.5) is 22.0 Å². The number of likely N-dealkylation sites (N-methyl/N-ethyl adjacent to an activating group) is 8. The molecule has 3 unspecified atom stereocenters. The molecule has 0 spiro atoms. The van der Waals surface area contributed by atoms with E-state index >= 15 is 19.2 Å². The van der Waals surface area contributed by atoms with Crippen molar-refractivity contribution in [2.45, 2.75) is 230 Å². The minimum atomic E-state index is -4.60. The van der Waals surface area contributed by atoms with Crippen molar-refractivity contribution < 1.29 is 84.3 Å². The summed E-state index contributed by atoms with van der Waals surface area (Å²) >= 11 is 6.36. The molecule has 3 heterocycles. The van der Waals surface area contributed by atoms with Gasteiger partial charge in [0.15, 0.2) is 0 Å². The normalized spacial score (nSPS) is 28.9. The predicted molar refractivity (Wildman–Crippen MR) is 369 cm³/mol. The monoisotopic (exact) mass is 1470 g/mol. The summed E-state index contributed by atoms with van der Waals surface area (Å²) in [5.41, 5.74) is 0. The standard InChI is InChI=1S/C70H113ClF5N13O13/c1-16-43(6)59-67(101)82(10)37-57(93)80(8)38-58(94)84(12)52(33-45-23-19-17-20-24-45)65(99)81(9)36-54(90)77-49(28-26-46-25-27-47(48(71)32-46)70(74,75)76)63(97)85(13)51(34-56(92)89-39-69(72,73)40-89)62(96)78-50(31-41(2)3)64(98)87(15)60(42(4)5)68(102)86(14)53(66(100)88-29-21-18-22-30-88)35-55(91)83(11)44(7)61(95)79-59/h41-53,59-60H,16-40H2,1-15H3,(H,77,90)(H,78,96)(H,79,95)/t43-,44-,46?,47?,48?,49-,50-,51-,52-,53-,59-,60-/m0/s1. The smallest absolute Gasteiger partial charge is 0.343 e. The van der Waals surface area contributed by atoms with Crippen LogP contribution in [0.25, 0.3) is 0 Å². The number of nitrogens with zero attached hydrogens (tertiary/aromatic N) is 10. The zero-order valence-corrected chi connectivity index (χ0v) is 63.1. The summed E-state index contributed by atoms with van der Waals surface area (Å²) < 4.78 is 70.9. The largest absolute Gasteiger partial charge is 0.393 e. The SMILES string of the molecule is CC[C@H](C)[C@@H]1NC(=O)[C@H](C)N(C)C(=O)C[C@@H](C(=O)N2CCCCC2)N(C)C(=O)[C@H](C(C)C)N(C)C(=O)[C@H](CC(C)C)NC(=O)[C@H](CC(=O)N2CC(F)(F)C2)N(C)C(=O)[C@H](CCC2CCC(C(F)(F)F)C(Cl)C2)NC(=O)CN(C)C(=O)[C@H](CC2CCCCC2)N(C)C(=O)CN(C)C(=O)CN(C)C1=O. The molecule has 32 heteroatoms. The molecule has 0 aromatic heterocycles. The first kappa shape index (κ1) is 85.7. The number of alkyl halides is 6. The number of nitrogens with one attached hydrogen (secondary N) is 3. The van der Waals surface area contributed by atoms with E-state index in [9.17, 15) is 65.1 Å². The maximum absolute atomic E-state index is 15.3. The molecular weight excluding hydrogens is 1360 g/mol. The first-order valence-electron chi connectivity index (χ1n) is 36.1. The lowest BCUT2D eigenvalue weighted by atomic mass is 9.78. The van der Waals surface area contributed by atoms with Gasteiger partial charge >= 0.3 is 6.18 Å². The Labute approximate surface area is 602 Å². The molecule has 102 heavy (non-hydrogen) atoms. The molecule has 3 N–H and O–H groups in total. The van der Waals surface area contributed by atoms with Crippen molar-refractivity contribution in [2.75, 3.05) is 102 Å². The fourth-order valence-electron chi connectivity index (χ4n) is 14.4. The highest BCUT2D eigenvalue weighted by Gasteiger charge is 2.50. The van der Waals surface area contributed by atoms with Gasteiger partial charge in [0.2, 0.25) is 76.8 Å². The van der Waals surface area contributed by atoms with E-state index < -0.39 is 218 Å². The second-order valence-electron chi connectivity index (χ2n) is 30.2. The Bertz CT molecular complexity index is 2980. The molecule has 26 nitrogen and oxygen atoms in total. The van der Waals surface area contributed by atoms with E-state index in [1.54, 1.807) is 41.5 Å². The van der Waals surface area contributed by atoms with Gasteiger partial charge in [-0.3, -0.25) is 62.3 Å². The van der Waals surface area contributed by atoms with Crippen molar-refractivity contribution >= 4 is 88.4 Å². The Morgan fingerprint density at radius 1 is 0.578 bits per heavy atom. The summed E-state index contributed by atoms with van der Waals surface area (Å²) in [6.45, 7) is 8.29. The highest BCUT2D eigenvalue weighted by molar-refractivity contribution is 6.21. The molecule has 5 rings (SSSR count). The van der Waals surface area contributed by atoms with Crippen molar-refractivity contribution in [3.05, 3.63) is 0 Å². The van der Waals surface area contributed by atoms with Gasteiger partial charge < -0.3 is 64.9 Å². The Hall–Kier alpha value is -6.95. The number of carbonyl (C=O) groups is 13. The van der Waals surface area contributed by atoms with Crippen molar-refractivity contribution in [2.24, 2.45) is 35.5 Å². The quantitative estimate of drug-likeness (QED) is 0.171. The number of carbonyl (C=O) groups excluding carboxylic acids is 13. The summed E-state index contributed by atoms with van der Waals surface area (Å²) in [6, 6.07) is -11.8. The van der Waals surface area contributed by atoms with Crippen molar-refractivity contribution in [1.82, 2.24) is 64.9 Å². The van der Waals surface area contributed by atoms with Gasteiger partial charge in [0, 0.05) is 74.8 Å². The highest BCUT2D eigenvalue weighted by Crippen LogP contribution is 2.44. The molecule has 0 bridgehead atoms. The van der Waals surface area contributed by atoms with Gasteiger partial charge in [-0.2, -0.15) is 13.2 Å². The van der Waals surface area contributed by atoms with Crippen LogP contribution in [-0.4, -0.2) is 294 Å². The number of halogens is 6. The summed E-state index contributed by atoms with van der Waals surface area (Å²) in [4.78, 5) is 202. The molecular formula is C70H113ClF5N13O13. The Kier molecular flexibility index (Phi) is 31.6. The molecule has 5 aliphatic rings. The summed E-state index contributed by atoms with van der Waals surface area (Å²) in [5, 5.41) is 6.75. The van der Waals surface area contributed by atoms with E-state index in [2.05, 4.69) is 16.0 Å². The van der Waals surface area contributed by atoms with Crippen LogP contribution in [0.1, 0.15) is 164 Å². The summed E-state index contributed by atoms with van der Waals surface area (Å²) in [6.07, 6.45) is -0.371. The second kappa shape index (κ2) is 37.7. The van der Waals surface area contributed by atoms with E-state index in [0.29, 0.717) is 32.4 Å². The molecule has 2 saturated carbocycles. The van der Waals surface area contributed by atoms with Crippen molar-refractivity contribution in [3.63, 3.8) is 0 Å². The second-order valence-corrected chi connectivity index (χ2v) is 30.7. The molecule has 3 aliphatic heterocycles. The molecule has 5 fully saturated rings. The number of rotatable bonds is 13. The first-order chi connectivity index (χ1) is 47.5. The summed E-state index contributed by atoms with van der Waals surface area (Å²) in [5.74, 6) is -18.0. The van der Waals surface area contributed by atoms with Gasteiger partial charge in [0.25, 0.3) is 5.92 Å². The third kappa shape index (κ3) is 23.0. The molecule has 2 aliphatic carbocycles. The molecule has 3 saturated heterocycles. The number of piperidine rings is 1. The van der Waals surface area contributed by atoms with Crippen LogP contribution in [0.3, 0.4) is 0 Å². The Morgan fingerprint density at radius 3 is 1.72 bits per heavy atom. The van der Waals surface area contributed by atoms with Crippen LogP contribution in [-0.2, 0) is 62.3 Å². The van der Waals surface area contributed by atoms with E-state index in [0.717, 1.165) is 84.8 Å².